The Kier molecular flexibility index (Phi) is 6.29. The second-order valence-corrected chi connectivity index (χ2v) is 5.53. The molecule has 21 heavy (non-hydrogen) atoms. The standard InChI is InChI=1S/C15H21ClN2O3/c16-11-2-3-13(14(19)10-11)15(20)18-6-1-9-21-12-4-7-17-8-5-12/h2-3,10,12,17,19H,1,4-9H2,(H,18,20). The van der Waals surface area contributed by atoms with Gasteiger partial charge < -0.3 is 20.5 Å². The minimum atomic E-state index is -0.300. The third-order valence-electron chi connectivity index (χ3n) is 3.45. The summed E-state index contributed by atoms with van der Waals surface area (Å²) in [6.45, 7) is 3.18. The van der Waals surface area contributed by atoms with E-state index in [1.54, 1.807) is 6.07 Å². The molecule has 0 saturated carbocycles. The summed E-state index contributed by atoms with van der Waals surface area (Å²) >= 11 is 5.73. The number of phenols is 1. The van der Waals surface area contributed by atoms with Crippen LogP contribution in [-0.4, -0.2) is 43.4 Å². The number of carbonyl (C=O) groups excluding carboxylic acids is 1. The number of hydrogen-bond acceptors (Lipinski definition) is 4. The number of ether oxygens (including phenoxy) is 1. The van der Waals surface area contributed by atoms with Gasteiger partial charge in [0.15, 0.2) is 0 Å². The fourth-order valence-electron chi connectivity index (χ4n) is 2.28. The fraction of sp³-hybridized carbons (Fsp3) is 0.533. The van der Waals surface area contributed by atoms with Gasteiger partial charge in [-0.1, -0.05) is 11.6 Å². The number of amides is 1. The van der Waals surface area contributed by atoms with Crippen molar-refractivity contribution in [2.75, 3.05) is 26.2 Å². The first-order chi connectivity index (χ1) is 10.2. The molecule has 1 saturated heterocycles. The van der Waals surface area contributed by atoms with Crippen molar-refractivity contribution >= 4 is 17.5 Å². The number of carbonyl (C=O) groups is 1. The van der Waals surface area contributed by atoms with Crippen molar-refractivity contribution in [2.24, 2.45) is 0 Å². The Labute approximate surface area is 129 Å². The van der Waals surface area contributed by atoms with Crippen molar-refractivity contribution in [3.8, 4) is 5.75 Å². The SMILES string of the molecule is O=C(NCCCOC1CCNCC1)c1ccc(Cl)cc1O. The Hall–Kier alpha value is -1.30. The molecule has 0 bridgehead atoms. The lowest BCUT2D eigenvalue weighted by molar-refractivity contribution is 0.0318. The number of rotatable bonds is 6. The zero-order chi connectivity index (χ0) is 15.1. The summed E-state index contributed by atoms with van der Waals surface area (Å²) < 4.78 is 5.75. The Morgan fingerprint density at radius 1 is 1.43 bits per heavy atom. The quantitative estimate of drug-likeness (QED) is 0.702. The van der Waals surface area contributed by atoms with Crippen LogP contribution in [0.3, 0.4) is 0 Å². The van der Waals surface area contributed by atoms with Gasteiger partial charge in [-0.2, -0.15) is 0 Å². The third kappa shape index (κ3) is 5.19. The van der Waals surface area contributed by atoms with Crippen LogP contribution in [0.15, 0.2) is 18.2 Å². The summed E-state index contributed by atoms with van der Waals surface area (Å²) in [5.41, 5.74) is 0.235. The predicted octanol–water partition coefficient (Wildman–Crippen LogP) is 1.93. The average molecular weight is 313 g/mol. The van der Waals surface area contributed by atoms with E-state index in [0.717, 1.165) is 32.4 Å². The average Bonchev–Trinajstić information content (AvgIpc) is 2.47. The number of benzene rings is 1. The number of hydrogen-bond donors (Lipinski definition) is 3. The Balaban J connectivity index is 1.64. The van der Waals surface area contributed by atoms with Gasteiger partial charge in [0, 0.05) is 18.2 Å². The summed E-state index contributed by atoms with van der Waals surface area (Å²) in [6, 6.07) is 4.45. The molecule has 1 aliphatic heterocycles. The second kappa shape index (κ2) is 8.22. The van der Waals surface area contributed by atoms with Crippen LogP contribution in [-0.2, 0) is 4.74 Å². The van der Waals surface area contributed by atoms with Gasteiger partial charge in [0.25, 0.3) is 5.91 Å². The van der Waals surface area contributed by atoms with Crippen molar-refractivity contribution in [3.63, 3.8) is 0 Å². The summed E-state index contributed by atoms with van der Waals surface area (Å²) in [4.78, 5) is 11.9. The molecule has 0 spiro atoms. The number of piperidine rings is 1. The molecule has 0 atom stereocenters. The number of aromatic hydroxyl groups is 1. The van der Waals surface area contributed by atoms with Crippen molar-refractivity contribution in [1.82, 2.24) is 10.6 Å². The minimum absolute atomic E-state index is 0.106. The summed E-state index contributed by atoms with van der Waals surface area (Å²) in [5, 5.41) is 16.1. The van der Waals surface area contributed by atoms with Crippen LogP contribution < -0.4 is 10.6 Å². The van der Waals surface area contributed by atoms with E-state index in [1.165, 1.54) is 12.1 Å². The van der Waals surface area contributed by atoms with Gasteiger partial charge in [-0.15, -0.1) is 0 Å². The number of phenolic OH excluding ortho intramolecular Hbond substituents is 1. The lowest BCUT2D eigenvalue weighted by Gasteiger charge is -2.22. The fourth-order valence-corrected chi connectivity index (χ4v) is 2.44. The monoisotopic (exact) mass is 312 g/mol. The molecule has 1 heterocycles. The van der Waals surface area contributed by atoms with Crippen molar-refractivity contribution in [2.45, 2.75) is 25.4 Å². The first kappa shape index (κ1) is 16.1. The highest BCUT2D eigenvalue weighted by Gasteiger charge is 2.13. The molecule has 0 aromatic heterocycles. The maximum Gasteiger partial charge on any atom is 0.255 e. The maximum atomic E-state index is 11.9. The van der Waals surface area contributed by atoms with Crippen LogP contribution >= 0.6 is 11.6 Å². The largest absolute Gasteiger partial charge is 0.507 e. The van der Waals surface area contributed by atoms with Gasteiger partial charge in [-0.05, 0) is 50.6 Å². The Morgan fingerprint density at radius 3 is 2.90 bits per heavy atom. The van der Waals surface area contributed by atoms with Gasteiger partial charge in [-0.3, -0.25) is 4.79 Å². The summed E-state index contributed by atoms with van der Waals surface area (Å²) in [5.74, 6) is -0.406. The molecular weight excluding hydrogens is 292 g/mol. The molecule has 6 heteroatoms. The maximum absolute atomic E-state index is 11.9. The van der Waals surface area contributed by atoms with Gasteiger partial charge in [0.1, 0.15) is 5.75 Å². The minimum Gasteiger partial charge on any atom is -0.507 e. The van der Waals surface area contributed by atoms with Crippen molar-refractivity contribution in [3.05, 3.63) is 28.8 Å². The van der Waals surface area contributed by atoms with Gasteiger partial charge in [-0.25, -0.2) is 0 Å². The second-order valence-electron chi connectivity index (χ2n) is 5.09. The van der Waals surface area contributed by atoms with E-state index < -0.39 is 0 Å². The Bertz CT molecular complexity index is 476. The number of nitrogens with one attached hydrogen (secondary N) is 2. The molecule has 1 amide bonds. The highest BCUT2D eigenvalue weighted by Crippen LogP contribution is 2.21. The van der Waals surface area contributed by atoms with Crippen LogP contribution in [0.5, 0.6) is 5.75 Å². The molecule has 1 aromatic rings. The van der Waals surface area contributed by atoms with Crippen molar-refractivity contribution < 1.29 is 14.6 Å². The van der Waals surface area contributed by atoms with Crippen LogP contribution in [0.4, 0.5) is 0 Å². The van der Waals surface area contributed by atoms with Gasteiger partial charge in [0.05, 0.1) is 11.7 Å². The molecule has 0 aliphatic carbocycles. The lowest BCUT2D eigenvalue weighted by Crippen LogP contribution is -2.33. The first-order valence-electron chi connectivity index (χ1n) is 7.26. The van der Waals surface area contributed by atoms with Crippen molar-refractivity contribution in [1.29, 1.82) is 0 Å². The molecule has 3 N–H and O–H groups in total. The van der Waals surface area contributed by atoms with E-state index >= 15 is 0 Å². The zero-order valence-corrected chi connectivity index (χ0v) is 12.7. The lowest BCUT2D eigenvalue weighted by atomic mass is 10.1. The highest BCUT2D eigenvalue weighted by atomic mass is 35.5. The highest BCUT2D eigenvalue weighted by molar-refractivity contribution is 6.30. The number of halogens is 1. The topological polar surface area (TPSA) is 70.6 Å². The molecule has 1 aromatic carbocycles. The van der Waals surface area contributed by atoms with E-state index in [2.05, 4.69) is 10.6 Å². The van der Waals surface area contributed by atoms with Gasteiger partial charge >= 0.3 is 0 Å². The molecule has 0 radical (unpaired) electrons. The first-order valence-corrected chi connectivity index (χ1v) is 7.63. The van der Waals surface area contributed by atoms with E-state index in [0.29, 0.717) is 24.3 Å². The van der Waals surface area contributed by atoms with E-state index in [4.69, 9.17) is 16.3 Å². The molecule has 116 valence electrons. The smallest absolute Gasteiger partial charge is 0.255 e. The van der Waals surface area contributed by atoms with Crippen LogP contribution in [0.1, 0.15) is 29.6 Å². The van der Waals surface area contributed by atoms with E-state index in [9.17, 15) is 9.90 Å². The molecule has 0 unspecified atom stereocenters. The molecule has 1 fully saturated rings. The van der Waals surface area contributed by atoms with Crippen LogP contribution in [0.2, 0.25) is 5.02 Å². The molecule has 1 aliphatic rings. The van der Waals surface area contributed by atoms with Gasteiger partial charge in [0.2, 0.25) is 0 Å². The van der Waals surface area contributed by atoms with E-state index in [1.807, 2.05) is 0 Å². The summed E-state index contributed by atoms with van der Waals surface area (Å²) in [7, 11) is 0. The molecular formula is C15H21ClN2O3. The zero-order valence-electron chi connectivity index (χ0n) is 11.9. The summed E-state index contributed by atoms with van der Waals surface area (Å²) in [6.07, 6.45) is 3.18. The molecule has 5 nitrogen and oxygen atoms in total. The van der Waals surface area contributed by atoms with E-state index in [-0.39, 0.29) is 17.2 Å². The normalized spacial score (nSPS) is 15.9. The predicted molar refractivity (Wildman–Crippen MR) is 81.9 cm³/mol. The van der Waals surface area contributed by atoms with Crippen LogP contribution in [0, 0.1) is 0 Å². The Morgan fingerprint density at radius 2 is 2.19 bits per heavy atom. The third-order valence-corrected chi connectivity index (χ3v) is 3.69. The molecule has 2 rings (SSSR count). The van der Waals surface area contributed by atoms with Crippen LogP contribution in [0.25, 0.3) is 0 Å².